The highest BCUT2D eigenvalue weighted by atomic mass is 32.2. The fraction of sp³-hybridized carbons (Fsp3) is 0.111. The number of aromatic carboxylic acids is 1. The second-order valence-electron chi connectivity index (χ2n) is 3.36. The topological polar surface area (TPSA) is 131 Å². The first-order valence-electron chi connectivity index (χ1n) is 4.89. The Morgan fingerprint density at radius 2 is 2.11 bits per heavy atom. The van der Waals surface area contributed by atoms with Crippen molar-refractivity contribution in [2.75, 3.05) is 0 Å². The summed E-state index contributed by atoms with van der Waals surface area (Å²) < 4.78 is 1.27. The molecule has 0 atom stereocenters. The predicted molar refractivity (Wildman–Crippen MR) is 63.2 cm³/mol. The maximum Gasteiger partial charge on any atom is 0.356 e. The number of nitrogens with zero attached hydrogens (tertiary/aromatic N) is 4. The van der Waals surface area contributed by atoms with Gasteiger partial charge < -0.3 is 5.11 Å². The Hall–Kier alpha value is -2.49. The van der Waals surface area contributed by atoms with E-state index in [1.165, 1.54) is 23.9 Å². The molecule has 2 heterocycles. The minimum atomic E-state index is -1.18. The molecule has 9 nitrogen and oxygen atoms in total. The van der Waals surface area contributed by atoms with Crippen molar-refractivity contribution >= 4 is 17.7 Å². The van der Waals surface area contributed by atoms with Crippen LogP contribution in [0.2, 0.25) is 0 Å². The minimum absolute atomic E-state index is 0.187. The van der Waals surface area contributed by atoms with Gasteiger partial charge >= 0.3 is 17.1 Å². The van der Waals surface area contributed by atoms with Crippen molar-refractivity contribution in [1.82, 2.24) is 25.0 Å². The number of hydrogen-bond donors (Lipinski definition) is 2. The summed E-state index contributed by atoms with van der Waals surface area (Å²) in [7, 11) is 1.51. The van der Waals surface area contributed by atoms with E-state index in [0.717, 1.165) is 11.8 Å². The molecule has 0 bridgehead atoms. The van der Waals surface area contributed by atoms with Crippen molar-refractivity contribution in [3.63, 3.8) is 0 Å². The molecule has 0 aliphatic heterocycles. The maximum absolute atomic E-state index is 11.1. The van der Waals surface area contributed by atoms with Gasteiger partial charge in [0.1, 0.15) is 5.03 Å². The van der Waals surface area contributed by atoms with Crippen molar-refractivity contribution in [3.05, 3.63) is 38.5 Å². The second-order valence-corrected chi connectivity index (χ2v) is 4.35. The Kier molecular flexibility index (Phi) is 3.42. The van der Waals surface area contributed by atoms with E-state index in [0.29, 0.717) is 5.03 Å². The first-order chi connectivity index (χ1) is 8.97. The Balaban J connectivity index is 2.31. The summed E-state index contributed by atoms with van der Waals surface area (Å²) in [6, 6.07) is 2.71. The van der Waals surface area contributed by atoms with Crippen LogP contribution in [0.5, 0.6) is 0 Å². The molecule has 19 heavy (non-hydrogen) atoms. The number of carbonyl (C=O) groups is 1. The summed E-state index contributed by atoms with van der Waals surface area (Å²) in [5.41, 5.74) is -1.91. The lowest BCUT2D eigenvalue weighted by atomic mass is 10.4. The molecule has 0 fully saturated rings. The van der Waals surface area contributed by atoms with Crippen LogP contribution in [0.15, 0.2) is 31.9 Å². The van der Waals surface area contributed by atoms with Gasteiger partial charge in [-0.2, -0.15) is 4.98 Å². The van der Waals surface area contributed by atoms with Gasteiger partial charge in [-0.05, 0) is 23.9 Å². The van der Waals surface area contributed by atoms with E-state index in [-0.39, 0.29) is 10.9 Å². The van der Waals surface area contributed by atoms with Gasteiger partial charge in [-0.1, -0.05) is 0 Å². The third-order valence-electron chi connectivity index (χ3n) is 2.00. The van der Waals surface area contributed by atoms with E-state index in [1.807, 2.05) is 0 Å². The van der Waals surface area contributed by atoms with Gasteiger partial charge in [0.25, 0.3) is 0 Å². The van der Waals surface area contributed by atoms with Gasteiger partial charge in [0.15, 0.2) is 10.9 Å². The molecule has 2 N–H and O–H groups in total. The number of carboxylic acids is 1. The zero-order valence-corrected chi connectivity index (χ0v) is 10.3. The lowest BCUT2D eigenvalue weighted by molar-refractivity contribution is 0.0689. The second kappa shape index (κ2) is 5.02. The molecule has 0 saturated carbocycles. The monoisotopic (exact) mass is 281 g/mol. The first-order valence-corrected chi connectivity index (χ1v) is 5.71. The molecule has 0 unspecified atom stereocenters. The van der Waals surface area contributed by atoms with Crippen molar-refractivity contribution in [1.29, 1.82) is 0 Å². The molecule has 0 aliphatic carbocycles. The van der Waals surface area contributed by atoms with Crippen LogP contribution in [0.25, 0.3) is 0 Å². The van der Waals surface area contributed by atoms with Crippen molar-refractivity contribution in [2.24, 2.45) is 7.05 Å². The molecular formula is C9H7N5O4S. The molecule has 0 spiro atoms. The summed E-state index contributed by atoms with van der Waals surface area (Å²) >= 11 is 0.973. The smallest absolute Gasteiger partial charge is 0.356 e. The van der Waals surface area contributed by atoms with E-state index in [4.69, 9.17) is 5.11 Å². The lowest BCUT2D eigenvalue weighted by Crippen LogP contribution is -2.33. The standard InChI is InChI=1S/C9H7N5O4S/c1-14-9(10-6(15)7(16)13-14)19-5-3-2-4(8(17)18)11-12-5/h2-3H,1H3,(H,13,16)(H,17,18). The molecule has 2 rings (SSSR count). The lowest BCUT2D eigenvalue weighted by Gasteiger charge is -2.04. The number of hydrogen-bond acceptors (Lipinski definition) is 7. The van der Waals surface area contributed by atoms with E-state index >= 15 is 0 Å². The largest absolute Gasteiger partial charge is 0.476 e. The van der Waals surface area contributed by atoms with Crippen LogP contribution in [0, 0.1) is 0 Å². The zero-order valence-electron chi connectivity index (χ0n) is 9.52. The van der Waals surface area contributed by atoms with Gasteiger partial charge in [0.2, 0.25) is 0 Å². The Morgan fingerprint density at radius 1 is 1.37 bits per heavy atom. The summed E-state index contributed by atoms with van der Waals surface area (Å²) in [5.74, 6) is -1.18. The van der Waals surface area contributed by atoms with Crippen LogP contribution in [0.4, 0.5) is 0 Å². The van der Waals surface area contributed by atoms with Gasteiger partial charge in [-0.25, -0.2) is 4.79 Å². The Labute approximate surface area is 109 Å². The van der Waals surface area contributed by atoms with Gasteiger partial charge in [-0.15, -0.1) is 10.2 Å². The molecule has 2 aromatic heterocycles. The van der Waals surface area contributed by atoms with E-state index in [2.05, 4.69) is 20.3 Å². The summed E-state index contributed by atoms with van der Waals surface area (Å²) in [6.07, 6.45) is 0. The van der Waals surface area contributed by atoms with Crippen LogP contribution in [0.1, 0.15) is 10.5 Å². The average Bonchev–Trinajstić information content (AvgIpc) is 2.36. The fourth-order valence-corrected chi connectivity index (χ4v) is 1.85. The Morgan fingerprint density at radius 3 is 2.68 bits per heavy atom. The number of carboxylic acid groups (broad SMARTS) is 1. The summed E-state index contributed by atoms with van der Waals surface area (Å²) in [6.45, 7) is 0. The average molecular weight is 281 g/mol. The van der Waals surface area contributed by atoms with Gasteiger partial charge in [-0.3, -0.25) is 19.4 Å². The van der Waals surface area contributed by atoms with Gasteiger partial charge in [0.05, 0.1) is 0 Å². The van der Waals surface area contributed by atoms with Crippen LogP contribution in [-0.4, -0.2) is 36.0 Å². The number of aromatic amines is 1. The molecule has 0 aromatic carbocycles. The molecule has 2 aromatic rings. The van der Waals surface area contributed by atoms with Crippen molar-refractivity contribution < 1.29 is 9.90 Å². The van der Waals surface area contributed by atoms with Crippen molar-refractivity contribution in [3.8, 4) is 0 Å². The summed E-state index contributed by atoms with van der Waals surface area (Å²) in [5, 5.41) is 18.7. The quantitative estimate of drug-likeness (QED) is 0.692. The number of rotatable bonds is 3. The normalized spacial score (nSPS) is 10.4. The first kappa shape index (κ1) is 13.0. The van der Waals surface area contributed by atoms with E-state index in [1.54, 1.807) is 0 Å². The van der Waals surface area contributed by atoms with E-state index in [9.17, 15) is 14.4 Å². The summed E-state index contributed by atoms with van der Waals surface area (Å²) in [4.78, 5) is 36.3. The molecule has 0 saturated heterocycles. The van der Waals surface area contributed by atoms with E-state index < -0.39 is 17.1 Å². The fourth-order valence-electron chi connectivity index (χ4n) is 1.13. The number of aryl methyl sites for hydroxylation is 1. The minimum Gasteiger partial charge on any atom is -0.476 e. The number of nitrogens with one attached hydrogen (secondary N) is 1. The molecule has 0 radical (unpaired) electrons. The highest BCUT2D eigenvalue weighted by Gasteiger charge is 2.09. The maximum atomic E-state index is 11.1. The molecule has 10 heteroatoms. The number of H-pyrrole nitrogens is 1. The van der Waals surface area contributed by atoms with Crippen LogP contribution >= 0.6 is 11.8 Å². The molecular weight excluding hydrogens is 274 g/mol. The molecule has 0 amide bonds. The zero-order chi connectivity index (χ0) is 14.0. The predicted octanol–water partition coefficient (Wildman–Crippen LogP) is -0.892. The third-order valence-corrected chi connectivity index (χ3v) is 2.98. The van der Waals surface area contributed by atoms with Crippen molar-refractivity contribution in [2.45, 2.75) is 10.2 Å². The SMILES string of the molecule is Cn1[nH]c(=O)c(=O)nc1Sc1ccc(C(=O)O)nn1. The van der Waals surface area contributed by atoms with Crippen LogP contribution in [-0.2, 0) is 7.05 Å². The molecule has 98 valence electrons. The number of aromatic nitrogens is 5. The van der Waals surface area contributed by atoms with Crippen LogP contribution in [0.3, 0.4) is 0 Å². The molecule has 0 aliphatic rings. The third kappa shape index (κ3) is 2.85. The Bertz CT molecular complexity index is 736. The van der Waals surface area contributed by atoms with Gasteiger partial charge in [0, 0.05) is 7.05 Å². The highest BCUT2D eigenvalue weighted by molar-refractivity contribution is 7.99. The highest BCUT2D eigenvalue weighted by Crippen LogP contribution is 2.21. The van der Waals surface area contributed by atoms with Crippen LogP contribution < -0.4 is 11.1 Å².